The van der Waals surface area contributed by atoms with E-state index in [1.54, 1.807) is 14.1 Å². The molecule has 0 aliphatic heterocycles. The van der Waals surface area contributed by atoms with Crippen molar-refractivity contribution in [2.75, 3.05) is 13.2 Å². The normalized spacial score (nSPS) is 11.2. The van der Waals surface area contributed by atoms with E-state index in [9.17, 15) is 9.59 Å². The van der Waals surface area contributed by atoms with E-state index >= 15 is 0 Å². The molecule has 0 amide bonds. The summed E-state index contributed by atoms with van der Waals surface area (Å²) in [4.78, 5) is 28.0. The summed E-state index contributed by atoms with van der Waals surface area (Å²) in [5, 5.41) is 8.71. The molecule has 0 aliphatic rings. The van der Waals surface area contributed by atoms with Crippen LogP contribution in [0.15, 0.2) is 9.59 Å². The van der Waals surface area contributed by atoms with Gasteiger partial charge in [0.15, 0.2) is 11.2 Å². The lowest BCUT2D eigenvalue weighted by atomic mass is 10.5. The zero-order valence-corrected chi connectivity index (χ0v) is 11.1. The van der Waals surface area contributed by atoms with Gasteiger partial charge in [-0.1, -0.05) is 0 Å². The number of aromatic nitrogens is 4. The van der Waals surface area contributed by atoms with Gasteiger partial charge in [0.2, 0.25) is 0 Å². The van der Waals surface area contributed by atoms with E-state index in [0.29, 0.717) is 18.5 Å². The van der Waals surface area contributed by atoms with Crippen molar-refractivity contribution in [3.8, 4) is 6.01 Å². The number of ether oxygens (including phenoxy) is 1. The van der Waals surface area contributed by atoms with Gasteiger partial charge in [-0.05, 0) is 0 Å². The van der Waals surface area contributed by atoms with Gasteiger partial charge in [-0.2, -0.15) is 4.98 Å². The highest BCUT2D eigenvalue weighted by atomic mass is 16.5. The lowest BCUT2D eigenvalue weighted by molar-refractivity contribution is 0.221. The Morgan fingerprint density at radius 2 is 1.84 bits per heavy atom. The predicted molar refractivity (Wildman–Crippen MR) is 68.4 cm³/mol. The molecule has 0 atom stereocenters. The van der Waals surface area contributed by atoms with Crippen LogP contribution < -0.4 is 16.0 Å². The number of imidazole rings is 1. The third-order valence-electron chi connectivity index (χ3n) is 2.97. The van der Waals surface area contributed by atoms with Crippen LogP contribution >= 0.6 is 0 Å². The average Bonchev–Trinajstić information content (AvgIpc) is 2.72. The van der Waals surface area contributed by atoms with Gasteiger partial charge in [0.25, 0.3) is 11.6 Å². The second kappa shape index (κ2) is 4.88. The number of hydrogen-bond acceptors (Lipinski definition) is 5. The maximum Gasteiger partial charge on any atom is 0.332 e. The smallest absolute Gasteiger partial charge is 0.332 e. The monoisotopic (exact) mass is 268 g/mol. The van der Waals surface area contributed by atoms with Gasteiger partial charge in [-0.25, -0.2) is 4.79 Å². The van der Waals surface area contributed by atoms with E-state index in [1.165, 1.54) is 16.2 Å². The molecule has 0 fully saturated rings. The number of aliphatic hydroxyl groups is 1. The summed E-state index contributed by atoms with van der Waals surface area (Å²) in [6.45, 7) is 0.312. The fraction of sp³-hybridized carbons (Fsp3) is 0.545. The molecule has 8 heteroatoms. The Bertz CT molecular complexity index is 725. The number of aliphatic hydroxyl groups excluding tert-OH is 1. The molecule has 1 N–H and O–H groups in total. The van der Waals surface area contributed by atoms with Crippen molar-refractivity contribution in [3.05, 3.63) is 20.8 Å². The molecule has 0 spiro atoms. The van der Waals surface area contributed by atoms with E-state index in [1.807, 2.05) is 0 Å². The topological polar surface area (TPSA) is 91.3 Å². The molecule has 0 saturated heterocycles. The molecule has 0 aromatic carbocycles. The standard InChI is InChI=1S/C11H16N4O4/c1-13-7-8(12-10(13)19-6-4-5-16)14(2)11(18)15(3)9(7)17/h16H,4-6H2,1-3H3. The van der Waals surface area contributed by atoms with Gasteiger partial charge in [0.05, 0.1) is 6.61 Å². The molecule has 2 aromatic heterocycles. The molecular weight excluding hydrogens is 252 g/mol. The van der Waals surface area contributed by atoms with Crippen LogP contribution in [0.3, 0.4) is 0 Å². The van der Waals surface area contributed by atoms with Crippen molar-refractivity contribution >= 4 is 11.2 Å². The second-order valence-corrected chi connectivity index (χ2v) is 4.26. The molecule has 0 radical (unpaired) electrons. The number of rotatable bonds is 4. The third kappa shape index (κ3) is 2.03. The zero-order valence-electron chi connectivity index (χ0n) is 11.1. The fourth-order valence-corrected chi connectivity index (χ4v) is 1.86. The largest absolute Gasteiger partial charge is 0.465 e. The molecule has 2 rings (SSSR count). The fourth-order valence-electron chi connectivity index (χ4n) is 1.86. The summed E-state index contributed by atoms with van der Waals surface area (Å²) >= 11 is 0. The predicted octanol–water partition coefficient (Wildman–Crippen LogP) is -1.27. The first-order chi connectivity index (χ1) is 8.99. The Balaban J connectivity index is 2.64. The average molecular weight is 268 g/mol. The van der Waals surface area contributed by atoms with E-state index in [4.69, 9.17) is 9.84 Å². The van der Waals surface area contributed by atoms with E-state index in [0.717, 1.165) is 4.57 Å². The van der Waals surface area contributed by atoms with Crippen LogP contribution in [-0.2, 0) is 21.1 Å². The minimum atomic E-state index is -0.433. The van der Waals surface area contributed by atoms with Gasteiger partial charge in [-0.3, -0.25) is 18.5 Å². The zero-order chi connectivity index (χ0) is 14.2. The molecule has 0 unspecified atom stereocenters. The molecular formula is C11H16N4O4. The van der Waals surface area contributed by atoms with Crippen LogP contribution in [0.25, 0.3) is 11.2 Å². The van der Waals surface area contributed by atoms with Gasteiger partial charge < -0.3 is 9.84 Å². The van der Waals surface area contributed by atoms with Crippen molar-refractivity contribution in [2.24, 2.45) is 21.1 Å². The van der Waals surface area contributed by atoms with Crippen LogP contribution in [0.2, 0.25) is 0 Å². The Morgan fingerprint density at radius 3 is 2.47 bits per heavy atom. The Labute approximate surface area is 108 Å². The summed E-state index contributed by atoms with van der Waals surface area (Å²) in [6, 6.07) is 0.252. The molecule has 2 heterocycles. The minimum absolute atomic E-state index is 0.0180. The Kier molecular flexibility index (Phi) is 3.43. The summed E-state index contributed by atoms with van der Waals surface area (Å²) in [5.41, 5.74) is -0.249. The van der Waals surface area contributed by atoms with E-state index in [-0.39, 0.29) is 18.3 Å². The molecule has 0 aliphatic carbocycles. The first-order valence-corrected chi connectivity index (χ1v) is 5.85. The molecule has 2 aromatic rings. The highest BCUT2D eigenvalue weighted by Gasteiger charge is 2.17. The molecule has 19 heavy (non-hydrogen) atoms. The first-order valence-electron chi connectivity index (χ1n) is 5.85. The summed E-state index contributed by atoms with van der Waals surface area (Å²) in [7, 11) is 4.62. The van der Waals surface area contributed by atoms with Gasteiger partial charge >= 0.3 is 5.69 Å². The lowest BCUT2D eigenvalue weighted by Crippen LogP contribution is -2.37. The maximum atomic E-state index is 12.1. The molecule has 0 saturated carbocycles. The van der Waals surface area contributed by atoms with Crippen LogP contribution in [0.5, 0.6) is 6.01 Å². The van der Waals surface area contributed by atoms with Crippen molar-refractivity contribution < 1.29 is 9.84 Å². The summed E-state index contributed by atoms with van der Waals surface area (Å²) < 4.78 is 9.22. The molecule has 0 bridgehead atoms. The first kappa shape index (κ1) is 13.3. The second-order valence-electron chi connectivity index (χ2n) is 4.26. The van der Waals surface area contributed by atoms with Gasteiger partial charge in [0, 0.05) is 34.2 Å². The number of nitrogens with zero attached hydrogens (tertiary/aromatic N) is 4. The van der Waals surface area contributed by atoms with Crippen molar-refractivity contribution in [3.63, 3.8) is 0 Å². The third-order valence-corrected chi connectivity index (χ3v) is 2.97. The highest BCUT2D eigenvalue weighted by Crippen LogP contribution is 2.15. The van der Waals surface area contributed by atoms with E-state index in [2.05, 4.69) is 4.98 Å². The van der Waals surface area contributed by atoms with Crippen molar-refractivity contribution in [1.29, 1.82) is 0 Å². The van der Waals surface area contributed by atoms with Gasteiger partial charge in [0.1, 0.15) is 0 Å². The SMILES string of the molecule is Cn1c(=O)c2c(nc(OCCCO)n2C)n(C)c1=O. The number of hydrogen-bond donors (Lipinski definition) is 1. The number of aryl methyl sites for hydroxylation is 2. The Hall–Kier alpha value is -2.09. The van der Waals surface area contributed by atoms with Crippen LogP contribution in [0.1, 0.15) is 6.42 Å². The summed E-state index contributed by atoms with van der Waals surface area (Å²) in [5.74, 6) is 0. The maximum absolute atomic E-state index is 12.1. The number of fused-ring (bicyclic) bond motifs is 1. The van der Waals surface area contributed by atoms with Crippen molar-refractivity contribution in [2.45, 2.75) is 6.42 Å². The quantitative estimate of drug-likeness (QED) is 0.698. The van der Waals surface area contributed by atoms with Crippen LogP contribution in [0, 0.1) is 0 Å². The van der Waals surface area contributed by atoms with E-state index < -0.39 is 11.2 Å². The van der Waals surface area contributed by atoms with Crippen molar-refractivity contribution in [1.82, 2.24) is 18.7 Å². The van der Waals surface area contributed by atoms with Gasteiger partial charge in [-0.15, -0.1) is 0 Å². The lowest BCUT2D eigenvalue weighted by Gasteiger charge is -2.04. The molecule has 8 nitrogen and oxygen atoms in total. The Morgan fingerprint density at radius 1 is 1.16 bits per heavy atom. The minimum Gasteiger partial charge on any atom is -0.465 e. The summed E-state index contributed by atoms with van der Waals surface area (Å²) in [6.07, 6.45) is 0.472. The highest BCUT2D eigenvalue weighted by molar-refractivity contribution is 5.71. The van der Waals surface area contributed by atoms with Crippen LogP contribution in [-0.4, -0.2) is 37.0 Å². The van der Waals surface area contributed by atoms with Crippen LogP contribution in [0.4, 0.5) is 0 Å². The molecule has 104 valence electrons.